The molecule has 1 aromatic heterocycles. The van der Waals surface area contributed by atoms with Crippen molar-refractivity contribution >= 4 is 44.9 Å². The lowest BCUT2D eigenvalue weighted by Gasteiger charge is -2.07. The lowest BCUT2D eigenvalue weighted by atomic mass is 10.1. The number of aromatic nitrogens is 1. The molecule has 0 amide bonds. The smallest absolute Gasteiger partial charge is 0.0796 e. The van der Waals surface area contributed by atoms with Gasteiger partial charge >= 0.3 is 0 Å². The predicted octanol–water partition coefficient (Wildman–Crippen LogP) is 4.69. The minimum Gasteiger partial charge on any atom is -0.256 e. The van der Waals surface area contributed by atoms with Gasteiger partial charge in [0, 0.05) is 22.4 Å². The van der Waals surface area contributed by atoms with Crippen molar-refractivity contribution < 1.29 is 0 Å². The van der Waals surface area contributed by atoms with Crippen molar-refractivity contribution in [3.63, 3.8) is 0 Å². The summed E-state index contributed by atoms with van der Waals surface area (Å²) >= 11 is 12.5. The molecule has 0 spiro atoms. The van der Waals surface area contributed by atoms with Crippen LogP contribution < -0.4 is 0 Å². The van der Waals surface area contributed by atoms with Crippen LogP contribution in [0, 0.1) is 0 Å². The van der Waals surface area contributed by atoms with Gasteiger partial charge in [-0.25, -0.2) is 0 Å². The van der Waals surface area contributed by atoms with E-state index in [-0.39, 0.29) is 0 Å². The Balaban J connectivity index is 2.69. The van der Waals surface area contributed by atoms with E-state index in [0.717, 1.165) is 21.7 Å². The molecule has 0 N–H and O–H groups in total. The Morgan fingerprint density at radius 3 is 2.19 bits per heavy atom. The van der Waals surface area contributed by atoms with Gasteiger partial charge in [0.05, 0.1) is 15.6 Å². The van der Waals surface area contributed by atoms with Crippen molar-refractivity contribution in [1.29, 1.82) is 0 Å². The van der Waals surface area contributed by atoms with E-state index in [9.17, 15) is 0 Å². The molecule has 0 aliphatic rings. The first-order chi connectivity index (χ1) is 7.79. The van der Waals surface area contributed by atoms with E-state index in [2.05, 4.69) is 4.98 Å². The maximum Gasteiger partial charge on any atom is 0.0796 e. The van der Waals surface area contributed by atoms with Gasteiger partial charge < -0.3 is 0 Å². The van der Waals surface area contributed by atoms with Crippen molar-refractivity contribution in [2.45, 2.75) is 0 Å². The van der Waals surface area contributed by atoms with Crippen LogP contribution in [0.1, 0.15) is 0 Å². The molecule has 3 rings (SSSR count). The van der Waals surface area contributed by atoms with E-state index in [0.29, 0.717) is 10.0 Å². The second-order valence-corrected chi connectivity index (χ2v) is 4.33. The number of nitrogens with zero attached hydrogens (tertiary/aromatic N) is 1. The highest BCUT2D eigenvalue weighted by molar-refractivity contribution is 6.49. The minimum atomic E-state index is 0.573. The zero-order valence-corrected chi connectivity index (χ0v) is 9.76. The molecular formula is C13H7Cl2N. The maximum atomic E-state index is 6.25. The number of pyridine rings is 1. The van der Waals surface area contributed by atoms with Gasteiger partial charge in [-0.1, -0.05) is 47.5 Å². The first-order valence-electron chi connectivity index (χ1n) is 4.89. The van der Waals surface area contributed by atoms with Gasteiger partial charge in [0.25, 0.3) is 0 Å². The molecular weight excluding hydrogens is 241 g/mol. The molecule has 0 atom stereocenters. The fraction of sp³-hybridized carbons (Fsp3) is 0. The number of rotatable bonds is 0. The topological polar surface area (TPSA) is 12.9 Å². The molecule has 0 fully saturated rings. The zero-order valence-electron chi connectivity index (χ0n) is 8.24. The van der Waals surface area contributed by atoms with Crippen molar-refractivity contribution in [2.75, 3.05) is 0 Å². The molecule has 0 unspecified atom stereocenters. The van der Waals surface area contributed by atoms with Crippen molar-refractivity contribution in [3.8, 4) is 0 Å². The molecule has 78 valence electrons. The second-order valence-electron chi connectivity index (χ2n) is 3.57. The van der Waals surface area contributed by atoms with Gasteiger partial charge in [-0.05, 0) is 12.1 Å². The summed E-state index contributed by atoms with van der Waals surface area (Å²) in [5.74, 6) is 0. The van der Waals surface area contributed by atoms with E-state index in [4.69, 9.17) is 23.2 Å². The molecule has 2 aromatic carbocycles. The highest BCUT2D eigenvalue weighted by atomic mass is 35.5. The summed E-state index contributed by atoms with van der Waals surface area (Å²) in [6.07, 6.45) is 1.76. The highest BCUT2D eigenvalue weighted by Gasteiger charge is 2.10. The quantitative estimate of drug-likeness (QED) is 0.525. The van der Waals surface area contributed by atoms with Crippen LogP contribution in [0.25, 0.3) is 21.7 Å². The Morgan fingerprint density at radius 1 is 0.750 bits per heavy atom. The van der Waals surface area contributed by atoms with Crippen molar-refractivity contribution in [2.24, 2.45) is 0 Å². The SMILES string of the molecule is Clc1c(Cl)c2cccnc2c2ccccc12. The summed E-state index contributed by atoms with van der Waals surface area (Å²) < 4.78 is 0. The number of benzene rings is 2. The predicted molar refractivity (Wildman–Crippen MR) is 69.3 cm³/mol. The summed E-state index contributed by atoms with van der Waals surface area (Å²) in [5, 5.41) is 4.04. The average Bonchev–Trinajstić information content (AvgIpc) is 2.36. The Bertz CT molecular complexity index is 631. The number of fused-ring (bicyclic) bond motifs is 3. The van der Waals surface area contributed by atoms with Gasteiger partial charge in [-0.3, -0.25) is 4.98 Å². The summed E-state index contributed by atoms with van der Waals surface area (Å²) in [5.41, 5.74) is 0.896. The third kappa shape index (κ3) is 1.29. The Hall–Kier alpha value is -1.31. The second kappa shape index (κ2) is 3.62. The van der Waals surface area contributed by atoms with Crippen LogP contribution in [0.4, 0.5) is 0 Å². The normalized spacial score (nSPS) is 11.1. The molecule has 0 radical (unpaired) electrons. The Labute approximate surface area is 103 Å². The molecule has 0 aliphatic heterocycles. The Morgan fingerprint density at radius 2 is 1.38 bits per heavy atom. The minimum absolute atomic E-state index is 0.573. The number of hydrogen-bond acceptors (Lipinski definition) is 1. The highest BCUT2D eigenvalue weighted by Crippen LogP contribution is 2.37. The molecule has 0 aliphatic carbocycles. The number of halogens is 2. The lowest BCUT2D eigenvalue weighted by Crippen LogP contribution is -1.84. The average molecular weight is 248 g/mol. The van der Waals surface area contributed by atoms with E-state index in [1.807, 2.05) is 36.4 Å². The molecule has 1 nitrogen and oxygen atoms in total. The molecule has 0 saturated carbocycles. The Kier molecular flexibility index (Phi) is 2.23. The lowest BCUT2D eigenvalue weighted by molar-refractivity contribution is 1.43. The van der Waals surface area contributed by atoms with Gasteiger partial charge in [0.2, 0.25) is 0 Å². The van der Waals surface area contributed by atoms with Crippen LogP contribution in [0.5, 0.6) is 0 Å². The first-order valence-corrected chi connectivity index (χ1v) is 5.65. The van der Waals surface area contributed by atoms with Gasteiger partial charge in [0.1, 0.15) is 0 Å². The van der Waals surface area contributed by atoms with Crippen LogP contribution in [-0.2, 0) is 0 Å². The summed E-state index contributed by atoms with van der Waals surface area (Å²) in [4.78, 5) is 4.37. The van der Waals surface area contributed by atoms with E-state index < -0.39 is 0 Å². The molecule has 3 heteroatoms. The van der Waals surface area contributed by atoms with Crippen LogP contribution >= 0.6 is 23.2 Å². The summed E-state index contributed by atoms with van der Waals surface area (Å²) in [7, 11) is 0. The summed E-state index contributed by atoms with van der Waals surface area (Å²) in [6.45, 7) is 0. The van der Waals surface area contributed by atoms with Crippen LogP contribution in [-0.4, -0.2) is 4.98 Å². The molecule has 0 bridgehead atoms. The monoisotopic (exact) mass is 247 g/mol. The van der Waals surface area contributed by atoms with Gasteiger partial charge in [0.15, 0.2) is 0 Å². The molecule has 1 heterocycles. The first kappa shape index (κ1) is 9.88. The largest absolute Gasteiger partial charge is 0.256 e. The van der Waals surface area contributed by atoms with Crippen molar-refractivity contribution in [1.82, 2.24) is 4.98 Å². The van der Waals surface area contributed by atoms with Crippen molar-refractivity contribution in [3.05, 3.63) is 52.6 Å². The van der Waals surface area contributed by atoms with E-state index in [1.54, 1.807) is 6.20 Å². The third-order valence-corrected chi connectivity index (χ3v) is 3.54. The molecule has 3 aromatic rings. The fourth-order valence-corrected chi connectivity index (χ4v) is 2.44. The fourth-order valence-electron chi connectivity index (χ4n) is 1.91. The summed E-state index contributed by atoms with van der Waals surface area (Å²) in [6, 6.07) is 11.7. The van der Waals surface area contributed by atoms with Gasteiger partial charge in [-0.15, -0.1) is 0 Å². The maximum absolute atomic E-state index is 6.25. The van der Waals surface area contributed by atoms with Crippen LogP contribution in [0.2, 0.25) is 10.0 Å². The third-order valence-electron chi connectivity index (χ3n) is 2.66. The van der Waals surface area contributed by atoms with Gasteiger partial charge in [-0.2, -0.15) is 0 Å². The molecule has 0 saturated heterocycles. The zero-order chi connectivity index (χ0) is 11.1. The standard InChI is InChI=1S/C13H7Cl2N/c14-11-8-4-1-2-5-9(8)13-10(12(11)15)6-3-7-16-13/h1-7H. The van der Waals surface area contributed by atoms with E-state index in [1.165, 1.54) is 0 Å². The molecule has 16 heavy (non-hydrogen) atoms. The van der Waals surface area contributed by atoms with Crippen LogP contribution in [0.15, 0.2) is 42.6 Å². The number of hydrogen-bond donors (Lipinski definition) is 0. The van der Waals surface area contributed by atoms with Crippen LogP contribution in [0.3, 0.4) is 0 Å². The van der Waals surface area contributed by atoms with E-state index >= 15 is 0 Å².